The van der Waals surface area contributed by atoms with Crippen molar-refractivity contribution in [1.29, 1.82) is 0 Å². The fourth-order valence-electron chi connectivity index (χ4n) is 2.19. The molecule has 1 saturated carbocycles. The molecule has 1 rings (SSSR count). The molecular formula is C11H21NO3. The van der Waals surface area contributed by atoms with Crippen molar-refractivity contribution in [2.24, 2.45) is 5.41 Å². The number of esters is 1. The third-order valence-electron chi connectivity index (χ3n) is 3.25. The zero-order valence-electron chi connectivity index (χ0n) is 9.42. The number of rotatable bonds is 5. The van der Waals surface area contributed by atoms with Crippen LogP contribution < -0.4 is 5.32 Å². The molecular weight excluding hydrogens is 194 g/mol. The first-order chi connectivity index (χ1) is 7.22. The van der Waals surface area contributed by atoms with Crippen LogP contribution in [0.15, 0.2) is 0 Å². The smallest absolute Gasteiger partial charge is 0.319 e. The Hall–Kier alpha value is -0.610. The molecule has 15 heavy (non-hydrogen) atoms. The summed E-state index contributed by atoms with van der Waals surface area (Å²) < 4.78 is 4.54. The topological polar surface area (TPSA) is 58.6 Å². The van der Waals surface area contributed by atoms with Crippen molar-refractivity contribution in [3.05, 3.63) is 0 Å². The summed E-state index contributed by atoms with van der Waals surface area (Å²) in [6.07, 6.45) is 5.73. The maximum absolute atomic E-state index is 10.9. The lowest BCUT2D eigenvalue weighted by molar-refractivity contribution is -0.139. The molecule has 0 heterocycles. The predicted molar refractivity (Wildman–Crippen MR) is 57.5 cm³/mol. The largest absolute Gasteiger partial charge is 0.468 e. The van der Waals surface area contributed by atoms with Crippen molar-refractivity contribution in [2.75, 3.05) is 26.8 Å². The molecule has 1 aliphatic carbocycles. The van der Waals surface area contributed by atoms with Gasteiger partial charge in [0, 0.05) is 18.6 Å². The van der Waals surface area contributed by atoms with Gasteiger partial charge in [-0.2, -0.15) is 0 Å². The fraction of sp³-hybridized carbons (Fsp3) is 0.909. The number of carbonyl (C=O) groups is 1. The van der Waals surface area contributed by atoms with Crippen LogP contribution in [0.5, 0.6) is 0 Å². The molecule has 1 aliphatic rings. The molecule has 88 valence electrons. The molecule has 0 atom stereocenters. The van der Waals surface area contributed by atoms with Crippen molar-refractivity contribution >= 4 is 5.97 Å². The van der Waals surface area contributed by atoms with E-state index in [9.17, 15) is 9.90 Å². The molecule has 0 bridgehead atoms. The molecule has 0 radical (unpaired) electrons. The second kappa shape index (κ2) is 6.08. The summed E-state index contributed by atoms with van der Waals surface area (Å²) in [6, 6.07) is 0. The maximum atomic E-state index is 10.9. The maximum Gasteiger partial charge on any atom is 0.319 e. The minimum Gasteiger partial charge on any atom is -0.468 e. The number of aliphatic hydroxyl groups is 1. The van der Waals surface area contributed by atoms with Gasteiger partial charge in [-0.05, 0) is 12.8 Å². The quantitative estimate of drug-likeness (QED) is 0.663. The monoisotopic (exact) mass is 215 g/mol. The van der Waals surface area contributed by atoms with Gasteiger partial charge in [-0.15, -0.1) is 0 Å². The van der Waals surface area contributed by atoms with Crippen LogP contribution >= 0.6 is 0 Å². The van der Waals surface area contributed by atoms with E-state index < -0.39 is 0 Å². The lowest BCUT2D eigenvalue weighted by Crippen LogP contribution is -2.40. The average molecular weight is 215 g/mol. The van der Waals surface area contributed by atoms with Gasteiger partial charge in [0.05, 0.1) is 13.7 Å². The number of nitrogens with one attached hydrogen (secondary N) is 1. The molecule has 0 amide bonds. The highest BCUT2D eigenvalue weighted by molar-refractivity contribution is 5.71. The molecule has 0 aliphatic heterocycles. The SMILES string of the molecule is COC(=O)CNCC1(CO)CCCCC1. The first kappa shape index (κ1) is 12.5. The van der Waals surface area contributed by atoms with Crippen molar-refractivity contribution in [2.45, 2.75) is 32.1 Å². The average Bonchev–Trinajstić information content (AvgIpc) is 2.30. The van der Waals surface area contributed by atoms with Crippen molar-refractivity contribution < 1.29 is 14.6 Å². The molecule has 1 fully saturated rings. The van der Waals surface area contributed by atoms with E-state index in [2.05, 4.69) is 10.1 Å². The van der Waals surface area contributed by atoms with E-state index in [1.54, 1.807) is 0 Å². The Morgan fingerprint density at radius 1 is 1.40 bits per heavy atom. The van der Waals surface area contributed by atoms with Crippen LogP contribution in [-0.4, -0.2) is 37.9 Å². The third kappa shape index (κ3) is 3.80. The Balaban J connectivity index is 2.29. The van der Waals surface area contributed by atoms with E-state index in [1.165, 1.54) is 26.4 Å². The molecule has 0 unspecified atom stereocenters. The van der Waals surface area contributed by atoms with Gasteiger partial charge in [0.1, 0.15) is 0 Å². The van der Waals surface area contributed by atoms with E-state index in [-0.39, 0.29) is 24.5 Å². The minimum absolute atomic E-state index is 0.00767. The Kier molecular flexibility index (Phi) is 5.05. The van der Waals surface area contributed by atoms with Crippen LogP contribution in [-0.2, 0) is 9.53 Å². The van der Waals surface area contributed by atoms with E-state index >= 15 is 0 Å². The predicted octanol–water partition coefficient (Wildman–Crippen LogP) is 0.692. The molecule has 2 N–H and O–H groups in total. The van der Waals surface area contributed by atoms with Crippen LogP contribution in [0.2, 0.25) is 0 Å². The molecule has 0 aromatic rings. The zero-order chi connectivity index (χ0) is 11.1. The Labute approximate surface area is 91.0 Å². The highest BCUT2D eigenvalue weighted by Crippen LogP contribution is 2.34. The zero-order valence-corrected chi connectivity index (χ0v) is 9.42. The summed E-state index contributed by atoms with van der Waals surface area (Å²) in [5.74, 6) is -0.251. The summed E-state index contributed by atoms with van der Waals surface area (Å²) in [4.78, 5) is 10.9. The first-order valence-electron chi connectivity index (χ1n) is 5.61. The molecule has 0 aromatic carbocycles. The van der Waals surface area contributed by atoms with Crippen molar-refractivity contribution in [3.8, 4) is 0 Å². The van der Waals surface area contributed by atoms with Crippen LogP contribution in [0, 0.1) is 5.41 Å². The van der Waals surface area contributed by atoms with Crippen LogP contribution in [0.3, 0.4) is 0 Å². The van der Waals surface area contributed by atoms with Gasteiger partial charge in [-0.25, -0.2) is 0 Å². The summed E-state index contributed by atoms with van der Waals surface area (Å²) >= 11 is 0. The fourth-order valence-corrected chi connectivity index (χ4v) is 2.19. The van der Waals surface area contributed by atoms with E-state index in [0.29, 0.717) is 6.54 Å². The molecule has 4 heteroatoms. The number of hydrogen-bond donors (Lipinski definition) is 2. The number of aliphatic hydroxyl groups excluding tert-OH is 1. The van der Waals surface area contributed by atoms with E-state index in [1.807, 2.05) is 0 Å². The summed E-state index contributed by atoms with van der Waals surface area (Å²) in [7, 11) is 1.38. The summed E-state index contributed by atoms with van der Waals surface area (Å²) in [5.41, 5.74) is -0.00767. The third-order valence-corrected chi connectivity index (χ3v) is 3.25. The lowest BCUT2D eigenvalue weighted by atomic mass is 9.74. The van der Waals surface area contributed by atoms with E-state index in [0.717, 1.165) is 12.8 Å². The molecule has 0 spiro atoms. The highest BCUT2D eigenvalue weighted by atomic mass is 16.5. The summed E-state index contributed by atoms with van der Waals surface area (Å²) in [5, 5.41) is 12.5. The number of hydrogen-bond acceptors (Lipinski definition) is 4. The number of methoxy groups -OCH3 is 1. The van der Waals surface area contributed by atoms with Gasteiger partial charge >= 0.3 is 5.97 Å². The second-order valence-electron chi connectivity index (χ2n) is 4.40. The highest BCUT2D eigenvalue weighted by Gasteiger charge is 2.30. The number of carbonyl (C=O) groups excluding carboxylic acids is 1. The van der Waals surface area contributed by atoms with Gasteiger partial charge in [0.25, 0.3) is 0 Å². The van der Waals surface area contributed by atoms with Crippen LogP contribution in [0.4, 0.5) is 0 Å². The minimum atomic E-state index is -0.251. The van der Waals surface area contributed by atoms with Gasteiger partial charge in [-0.3, -0.25) is 4.79 Å². The van der Waals surface area contributed by atoms with Crippen LogP contribution in [0.25, 0.3) is 0 Å². The first-order valence-corrected chi connectivity index (χ1v) is 5.61. The standard InChI is InChI=1S/C11H21NO3/c1-15-10(14)7-12-8-11(9-13)5-3-2-4-6-11/h12-13H,2-9H2,1H3. The normalized spacial score (nSPS) is 19.9. The van der Waals surface area contributed by atoms with Gasteiger partial charge in [-0.1, -0.05) is 19.3 Å². The second-order valence-corrected chi connectivity index (χ2v) is 4.40. The van der Waals surface area contributed by atoms with Gasteiger partial charge < -0.3 is 15.2 Å². The van der Waals surface area contributed by atoms with Crippen LogP contribution in [0.1, 0.15) is 32.1 Å². The molecule has 0 saturated heterocycles. The Morgan fingerprint density at radius 3 is 2.60 bits per heavy atom. The Morgan fingerprint density at radius 2 is 2.07 bits per heavy atom. The Bertz CT molecular complexity index is 200. The molecule has 0 aromatic heterocycles. The number of ether oxygens (including phenoxy) is 1. The summed E-state index contributed by atoms with van der Waals surface area (Å²) in [6.45, 7) is 1.15. The van der Waals surface area contributed by atoms with E-state index in [4.69, 9.17) is 0 Å². The van der Waals surface area contributed by atoms with Crippen molar-refractivity contribution in [3.63, 3.8) is 0 Å². The van der Waals surface area contributed by atoms with Crippen molar-refractivity contribution in [1.82, 2.24) is 5.32 Å². The van der Waals surface area contributed by atoms with Gasteiger partial charge in [0.15, 0.2) is 0 Å². The lowest BCUT2D eigenvalue weighted by Gasteiger charge is -2.35. The molecule has 4 nitrogen and oxygen atoms in total. The van der Waals surface area contributed by atoms with Gasteiger partial charge in [0.2, 0.25) is 0 Å².